The minimum Gasteiger partial charge on any atom is -0.760 e. The van der Waals surface area contributed by atoms with Crippen LogP contribution in [0.2, 0.25) is 0 Å². The van der Waals surface area contributed by atoms with Gasteiger partial charge in [0, 0.05) is 17.8 Å². The molecule has 0 aliphatic rings. The van der Waals surface area contributed by atoms with Gasteiger partial charge in [-0.2, -0.15) is 5.26 Å². The van der Waals surface area contributed by atoms with Crippen molar-refractivity contribution in [1.82, 2.24) is 4.31 Å². The van der Waals surface area contributed by atoms with Crippen LogP contribution < -0.4 is 0 Å². The van der Waals surface area contributed by atoms with Crippen LogP contribution in [0.3, 0.4) is 0 Å². The molecule has 0 aromatic carbocycles. The molecule has 4 nitrogen and oxygen atoms in total. The second-order valence-corrected chi connectivity index (χ2v) is 9.09. The molecule has 0 rings (SSSR count). The Morgan fingerprint density at radius 2 is 1.90 bits per heavy atom. The summed E-state index contributed by atoms with van der Waals surface area (Å²) in [5.74, 6) is 0.721. The molecule has 0 aromatic heterocycles. The van der Waals surface area contributed by atoms with E-state index in [0.29, 0.717) is 13.0 Å². The number of nitriles is 1. The monoisotopic (exact) mass is 399 g/mol. The van der Waals surface area contributed by atoms with Crippen LogP contribution in [0, 0.1) is 11.3 Å². The van der Waals surface area contributed by atoms with Crippen molar-refractivity contribution in [3.8, 4) is 6.07 Å². The fourth-order valence-electron chi connectivity index (χ4n) is 1.30. The summed E-state index contributed by atoms with van der Waals surface area (Å²) in [6.45, 7) is 0.247. The maximum atomic E-state index is 10.7. The van der Waals surface area contributed by atoms with Crippen molar-refractivity contribution in [2.24, 2.45) is 0 Å². The van der Waals surface area contributed by atoms with E-state index in [1.807, 2.05) is 6.07 Å². The van der Waals surface area contributed by atoms with Gasteiger partial charge in [-0.05, 0) is 18.6 Å². The molecular weight excluding hydrogens is 386 g/mol. The number of alkyl halides is 4. The van der Waals surface area contributed by atoms with Gasteiger partial charge in [0.05, 0.1) is 12.6 Å². The highest BCUT2D eigenvalue weighted by molar-refractivity contribution is 8.03. The molecule has 0 saturated heterocycles. The van der Waals surface area contributed by atoms with Gasteiger partial charge in [0.15, 0.2) is 3.67 Å². The highest BCUT2D eigenvalue weighted by atomic mass is 35.5. The van der Waals surface area contributed by atoms with Gasteiger partial charge in [0.2, 0.25) is 0 Å². The zero-order valence-corrected chi connectivity index (χ0v) is 15.2. The number of rotatable bonds is 11. The van der Waals surface area contributed by atoms with Crippen molar-refractivity contribution in [1.29, 1.82) is 5.26 Å². The van der Waals surface area contributed by atoms with Crippen LogP contribution in [0.5, 0.6) is 0 Å². The summed E-state index contributed by atoms with van der Waals surface area (Å²) in [5, 5.41) is 8.46. The molecule has 0 aromatic rings. The fourth-order valence-corrected chi connectivity index (χ4v) is 3.33. The summed E-state index contributed by atoms with van der Waals surface area (Å²) in [6.07, 6.45) is 3.37. The van der Waals surface area contributed by atoms with Crippen LogP contribution in [0.15, 0.2) is 0 Å². The lowest BCUT2D eigenvalue weighted by atomic mass is 10.2. The quantitative estimate of drug-likeness (QED) is 0.228. The van der Waals surface area contributed by atoms with E-state index in [4.69, 9.17) is 51.7 Å². The minimum absolute atomic E-state index is 0.111. The van der Waals surface area contributed by atoms with Gasteiger partial charge < -0.3 is 4.55 Å². The van der Waals surface area contributed by atoms with Crippen LogP contribution in [-0.4, -0.2) is 40.4 Å². The molecule has 20 heavy (non-hydrogen) atoms. The summed E-state index contributed by atoms with van der Waals surface area (Å²) in [7, 11) is 0. The molecule has 1 atom stereocenters. The maximum absolute atomic E-state index is 10.7. The molecular formula is C10H15Cl4N2O2S2-. The molecule has 0 radical (unpaired) electrons. The first kappa shape index (κ1) is 21.1. The molecule has 0 bridgehead atoms. The third kappa shape index (κ3) is 9.91. The molecule has 0 fully saturated rings. The van der Waals surface area contributed by atoms with Gasteiger partial charge in [0.25, 0.3) is 0 Å². The zero-order valence-electron chi connectivity index (χ0n) is 10.6. The normalized spacial score (nSPS) is 13.7. The summed E-state index contributed by atoms with van der Waals surface area (Å²) >= 11 is 21.9. The van der Waals surface area contributed by atoms with E-state index in [0.717, 1.165) is 29.3 Å². The first-order valence-electron chi connectivity index (χ1n) is 5.82. The SMILES string of the molecule is N#CCN(CCCCCCSC(Cl)(Cl)C(Cl)Cl)S(=O)[O-]. The molecule has 10 heteroatoms. The lowest BCUT2D eigenvalue weighted by Crippen LogP contribution is -2.27. The largest absolute Gasteiger partial charge is 0.760 e. The Morgan fingerprint density at radius 3 is 2.40 bits per heavy atom. The Labute approximate surface area is 146 Å². The third-order valence-electron chi connectivity index (χ3n) is 2.31. The van der Waals surface area contributed by atoms with Gasteiger partial charge in [-0.1, -0.05) is 36.0 Å². The van der Waals surface area contributed by atoms with E-state index in [9.17, 15) is 8.76 Å². The van der Waals surface area contributed by atoms with Gasteiger partial charge in [-0.3, -0.25) is 4.21 Å². The minimum atomic E-state index is -2.34. The molecule has 0 heterocycles. The Morgan fingerprint density at radius 1 is 1.30 bits per heavy atom. The lowest BCUT2D eigenvalue weighted by Gasteiger charge is -2.21. The zero-order chi connectivity index (χ0) is 15.6. The van der Waals surface area contributed by atoms with Crippen LogP contribution in [-0.2, 0) is 11.3 Å². The number of unbranched alkanes of at least 4 members (excludes halogenated alkanes) is 3. The summed E-state index contributed by atoms with van der Waals surface area (Å²) < 4.78 is 21.4. The predicted octanol–water partition coefficient (Wildman–Crippen LogP) is 3.83. The van der Waals surface area contributed by atoms with Gasteiger partial charge in [0.1, 0.15) is 4.84 Å². The van der Waals surface area contributed by atoms with Crippen LogP contribution in [0.25, 0.3) is 0 Å². The summed E-state index contributed by atoms with van der Waals surface area (Å²) in [6, 6.07) is 1.81. The number of hydrogen-bond donors (Lipinski definition) is 0. The molecule has 0 aliphatic heterocycles. The highest BCUT2D eigenvalue weighted by Crippen LogP contribution is 2.42. The van der Waals surface area contributed by atoms with E-state index in [-0.39, 0.29) is 6.54 Å². The molecule has 0 aliphatic carbocycles. The number of nitrogens with zero attached hydrogens (tertiary/aromatic N) is 2. The Hall–Kier alpha value is 1.07. The van der Waals surface area contributed by atoms with Gasteiger partial charge in [-0.15, -0.1) is 35.0 Å². The number of thioether (sulfide) groups is 1. The van der Waals surface area contributed by atoms with E-state index >= 15 is 0 Å². The van der Waals surface area contributed by atoms with Crippen molar-refractivity contribution in [3.63, 3.8) is 0 Å². The predicted molar refractivity (Wildman–Crippen MR) is 87.0 cm³/mol. The summed E-state index contributed by atoms with van der Waals surface area (Å²) in [5.41, 5.74) is 0. The molecule has 0 saturated carbocycles. The van der Waals surface area contributed by atoms with Crippen molar-refractivity contribution in [3.05, 3.63) is 0 Å². The molecule has 0 spiro atoms. The second-order valence-electron chi connectivity index (χ2n) is 3.86. The Kier molecular flexibility index (Phi) is 12.2. The number of halogens is 4. The van der Waals surface area contributed by atoms with Crippen LogP contribution in [0.4, 0.5) is 0 Å². The fraction of sp³-hybridized carbons (Fsp3) is 0.900. The first-order chi connectivity index (χ1) is 9.31. The van der Waals surface area contributed by atoms with E-state index in [1.165, 1.54) is 11.8 Å². The molecule has 0 N–H and O–H groups in total. The molecule has 0 amide bonds. The second kappa shape index (κ2) is 11.6. The average Bonchev–Trinajstić information content (AvgIpc) is 2.35. The third-order valence-corrected chi connectivity index (χ3v) is 6.61. The molecule has 118 valence electrons. The lowest BCUT2D eigenvalue weighted by molar-refractivity contribution is 0.403. The van der Waals surface area contributed by atoms with Gasteiger partial charge in [-0.25, -0.2) is 4.31 Å². The smallest absolute Gasteiger partial charge is 0.193 e. The van der Waals surface area contributed by atoms with Gasteiger partial charge >= 0.3 is 0 Å². The maximum Gasteiger partial charge on any atom is 0.193 e. The topological polar surface area (TPSA) is 67.2 Å². The Balaban J connectivity index is 3.63. The van der Waals surface area contributed by atoms with Crippen molar-refractivity contribution in [2.45, 2.75) is 34.2 Å². The highest BCUT2D eigenvalue weighted by Gasteiger charge is 2.32. The summed E-state index contributed by atoms with van der Waals surface area (Å²) in [4.78, 5) is -0.859. The van der Waals surface area contributed by atoms with E-state index < -0.39 is 19.8 Å². The number of hydrogen-bond acceptors (Lipinski definition) is 4. The van der Waals surface area contributed by atoms with Crippen molar-refractivity contribution < 1.29 is 8.76 Å². The standard InChI is InChI=1S/C10H16Cl4N2O2S2/c11-9(12)10(13,14)19-8-4-2-1-3-6-16(7-5-15)20(17)18/h9H,1-4,6-8H2,(H,17,18)/p-1. The van der Waals surface area contributed by atoms with Crippen molar-refractivity contribution >= 4 is 69.4 Å². The Bertz CT molecular complexity index is 340. The van der Waals surface area contributed by atoms with E-state index in [1.54, 1.807) is 0 Å². The van der Waals surface area contributed by atoms with Crippen molar-refractivity contribution in [2.75, 3.05) is 18.8 Å². The van der Waals surface area contributed by atoms with Crippen LogP contribution >= 0.6 is 58.2 Å². The molecule has 1 unspecified atom stereocenters. The average molecular weight is 401 g/mol. The first-order valence-corrected chi connectivity index (χ1v) is 9.47. The van der Waals surface area contributed by atoms with Crippen LogP contribution in [0.1, 0.15) is 25.7 Å². The van der Waals surface area contributed by atoms with E-state index in [2.05, 4.69) is 0 Å².